The Kier molecular flexibility index (Phi) is 2.75. The fraction of sp³-hybridized carbons (Fsp3) is 0.0476. The van der Waals surface area contributed by atoms with Crippen LogP contribution in [0.1, 0.15) is 5.56 Å². The lowest BCUT2D eigenvalue weighted by Crippen LogP contribution is -1.87. The van der Waals surface area contributed by atoms with E-state index in [9.17, 15) is 0 Å². The number of rotatable bonds is 1. The van der Waals surface area contributed by atoms with Crippen LogP contribution in [0, 0.1) is 6.92 Å². The molecule has 0 nitrogen and oxygen atoms in total. The van der Waals surface area contributed by atoms with Crippen LogP contribution in [-0.2, 0) is 0 Å². The average Bonchev–Trinajstić information content (AvgIpc) is 2.55. The molecule has 0 unspecified atom stereocenters. The van der Waals surface area contributed by atoms with E-state index in [0.29, 0.717) is 0 Å². The molecule has 0 radical (unpaired) electrons. The third-order valence-electron chi connectivity index (χ3n) is 4.25. The Morgan fingerprint density at radius 3 is 2.10 bits per heavy atom. The molecule has 0 bridgehead atoms. The van der Waals surface area contributed by atoms with Crippen molar-refractivity contribution in [1.82, 2.24) is 0 Å². The van der Waals surface area contributed by atoms with Crippen molar-refractivity contribution in [1.29, 1.82) is 0 Å². The zero-order valence-corrected chi connectivity index (χ0v) is 12.0. The van der Waals surface area contributed by atoms with E-state index in [1.54, 1.807) is 0 Å². The number of hydrogen-bond acceptors (Lipinski definition) is 0. The molecule has 0 saturated carbocycles. The van der Waals surface area contributed by atoms with Crippen LogP contribution in [0.15, 0.2) is 78.9 Å². The molecule has 0 spiro atoms. The lowest BCUT2D eigenvalue weighted by molar-refractivity contribution is 1.51. The second-order valence-corrected chi connectivity index (χ2v) is 5.49. The second kappa shape index (κ2) is 4.75. The minimum absolute atomic E-state index is 1.28. The minimum atomic E-state index is 1.28. The molecule has 0 aliphatic rings. The molecule has 100 valence electrons. The van der Waals surface area contributed by atoms with Crippen LogP contribution >= 0.6 is 0 Å². The van der Waals surface area contributed by atoms with Gasteiger partial charge in [0.25, 0.3) is 0 Å². The zero-order chi connectivity index (χ0) is 14.2. The molecule has 0 heterocycles. The van der Waals surface area contributed by atoms with Crippen molar-refractivity contribution in [2.45, 2.75) is 6.92 Å². The third kappa shape index (κ3) is 1.92. The average molecular weight is 268 g/mol. The summed E-state index contributed by atoms with van der Waals surface area (Å²) in [7, 11) is 0. The van der Waals surface area contributed by atoms with Gasteiger partial charge in [-0.05, 0) is 45.2 Å². The summed E-state index contributed by atoms with van der Waals surface area (Å²) in [5, 5.41) is 5.32. The van der Waals surface area contributed by atoms with Crippen LogP contribution in [0.3, 0.4) is 0 Å². The van der Waals surface area contributed by atoms with Crippen molar-refractivity contribution in [3.8, 4) is 11.1 Å². The summed E-state index contributed by atoms with van der Waals surface area (Å²) >= 11 is 0. The molecule has 0 fully saturated rings. The molecule has 0 aromatic heterocycles. The fourth-order valence-electron chi connectivity index (χ4n) is 3.21. The van der Waals surface area contributed by atoms with Crippen LogP contribution in [0.2, 0.25) is 0 Å². The van der Waals surface area contributed by atoms with Gasteiger partial charge in [-0.25, -0.2) is 0 Å². The molecule has 0 heteroatoms. The highest BCUT2D eigenvalue weighted by atomic mass is 14.1. The number of hydrogen-bond donors (Lipinski definition) is 0. The molecule has 0 amide bonds. The van der Waals surface area contributed by atoms with Gasteiger partial charge in [0.1, 0.15) is 0 Å². The van der Waals surface area contributed by atoms with Crippen molar-refractivity contribution >= 4 is 21.5 Å². The van der Waals surface area contributed by atoms with Gasteiger partial charge in [0.15, 0.2) is 0 Å². The summed E-state index contributed by atoms with van der Waals surface area (Å²) in [6.07, 6.45) is 0. The van der Waals surface area contributed by atoms with Gasteiger partial charge in [-0.3, -0.25) is 0 Å². The molecular formula is C21H16. The third-order valence-corrected chi connectivity index (χ3v) is 4.25. The smallest absolute Gasteiger partial charge is 0.00699 e. The van der Waals surface area contributed by atoms with E-state index >= 15 is 0 Å². The molecule has 4 rings (SSSR count). The first kappa shape index (κ1) is 12.2. The summed E-state index contributed by atoms with van der Waals surface area (Å²) in [6.45, 7) is 2.23. The molecule has 4 aromatic rings. The summed E-state index contributed by atoms with van der Waals surface area (Å²) in [5.74, 6) is 0. The second-order valence-electron chi connectivity index (χ2n) is 5.49. The van der Waals surface area contributed by atoms with Crippen molar-refractivity contribution in [2.75, 3.05) is 0 Å². The minimum Gasteiger partial charge on any atom is -0.0622 e. The first-order chi connectivity index (χ1) is 10.3. The van der Waals surface area contributed by atoms with Crippen LogP contribution < -0.4 is 0 Å². The van der Waals surface area contributed by atoms with Gasteiger partial charge in [0.2, 0.25) is 0 Å². The van der Waals surface area contributed by atoms with E-state index < -0.39 is 0 Å². The highest BCUT2D eigenvalue weighted by molar-refractivity contribution is 6.10. The predicted molar refractivity (Wildman–Crippen MR) is 91.6 cm³/mol. The van der Waals surface area contributed by atoms with Crippen LogP contribution in [0.4, 0.5) is 0 Å². The van der Waals surface area contributed by atoms with Gasteiger partial charge < -0.3 is 0 Å². The Morgan fingerprint density at radius 2 is 1.24 bits per heavy atom. The van der Waals surface area contributed by atoms with E-state index in [2.05, 4.69) is 85.8 Å². The van der Waals surface area contributed by atoms with Crippen LogP contribution in [0.5, 0.6) is 0 Å². The summed E-state index contributed by atoms with van der Waals surface area (Å²) < 4.78 is 0. The number of benzene rings is 4. The van der Waals surface area contributed by atoms with Crippen molar-refractivity contribution in [2.24, 2.45) is 0 Å². The van der Waals surface area contributed by atoms with E-state index in [0.717, 1.165) is 0 Å². The van der Waals surface area contributed by atoms with Gasteiger partial charge in [-0.2, -0.15) is 0 Å². The molecule has 0 saturated heterocycles. The standard InChI is InChI=1S/C21H16/c1-15-19(16-7-3-2-4-8-16)14-13-18-12-11-17-9-5-6-10-20(17)21(15)18/h2-14H,1H3. The first-order valence-electron chi connectivity index (χ1n) is 7.31. The molecule has 0 atom stereocenters. The maximum atomic E-state index is 2.24. The van der Waals surface area contributed by atoms with Gasteiger partial charge >= 0.3 is 0 Å². The van der Waals surface area contributed by atoms with Gasteiger partial charge in [0.05, 0.1) is 0 Å². The van der Waals surface area contributed by atoms with Gasteiger partial charge in [-0.15, -0.1) is 0 Å². The molecule has 4 aromatic carbocycles. The quantitative estimate of drug-likeness (QED) is 0.373. The first-order valence-corrected chi connectivity index (χ1v) is 7.31. The Hall–Kier alpha value is -2.60. The monoisotopic (exact) mass is 268 g/mol. The van der Waals surface area contributed by atoms with Crippen LogP contribution in [-0.4, -0.2) is 0 Å². The van der Waals surface area contributed by atoms with Crippen molar-refractivity contribution < 1.29 is 0 Å². The molecular weight excluding hydrogens is 252 g/mol. The van der Waals surface area contributed by atoms with E-state index in [-0.39, 0.29) is 0 Å². The van der Waals surface area contributed by atoms with Gasteiger partial charge in [-0.1, -0.05) is 78.9 Å². The maximum Gasteiger partial charge on any atom is -0.00699 e. The van der Waals surface area contributed by atoms with Crippen molar-refractivity contribution in [3.05, 3.63) is 84.4 Å². The summed E-state index contributed by atoms with van der Waals surface area (Å²) in [5.41, 5.74) is 3.96. The number of fused-ring (bicyclic) bond motifs is 3. The Morgan fingerprint density at radius 1 is 0.571 bits per heavy atom. The highest BCUT2D eigenvalue weighted by Gasteiger charge is 2.08. The Labute approximate surface area is 124 Å². The summed E-state index contributed by atoms with van der Waals surface area (Å²) in [4.78, 5) is 0. The van der Waals surface area contributed by atoms with E-state index in [4.69, 9.17) is 0 Å². The predicted octanol–water partition coefficient (Wildman–Crippen LogP) is 5.97. The van der Waals surface area contributed by atoms with Crippen LogP contribution in [0.25, 0.3) is 32.7 Å². The lowest BCUT2D eigenvalue weighted by Gasteiger charge is -2.12. The summed E-state index contributed by atoms with van der Waals surface area (Å²) in [6, 6.07) is 28.2. The Bertz CT molecular complexity index is 934. The topological polar surface area (TPSA) is 0 Å². The fourth-order valence-corrected chi connectivity index (χ4v) is 3.21. The van der Waals surface area contributed by atoms with E-state index in [1.165, 1.54) is 38.2 Å². The Balaban J connectivity index is 2.13. The molecule has 0 aliphatic carbocycles. The molecule has 21 heavy (non-hydrogen) atoms. The van der Waals surface area contributed by atoms with Crippen molar-refractivity contribution in [3.63, 3.8) is 0 Å². The normalized spacial score (nSPS) is 11.1. The maximum absolute atomic E-state index is 2.24. The highest BCUT2D eigenvalue weighted by Crippen LogP contribution is 2.34. The largest absolute Gasteiger partial charge is 0.0622 e. The molecule has 0 N–H and O–H groups in total. The molecule has 0 aliphatic heterocycles. The SMILES string of the molecule is Cc1c(-c2ccccc2)ccc2ccc3ccccc3c12. The van der Waals surface area contributed by atoms with Gasteiger partial charge in [0, 0.05) is 0 Å². The zero-order valence-electron chi connectivity index (χ0n) is 12.0. The van der Waals surface area contributed by atoms with E-state index in [1.807, 2.05) is 0 Å². The lowest BCUT2D eigenvalue weighted by atomic mass is 9.92. The number of aryl methyl sites for hydroxylation is 1.